The molecule has 1 aliphatic rings. The van der Waals surface area contributed by atoms with E-state index < -0.39 is 0 Å². The van der Waals surface area contributed by atoms with Gasteiger partial charge in [-0.15, -0.1) is 0 Å². The number of carbonyl (C=O) groups is 2. The van der Waals surface area contributed by atoms with Gasteiger partial charge >= 0.3 is 11.8 Å². The van der Waals surface area contributed by atoms with Crippen LogP contribution in [-0.4, -0.2) is 63.7 Å². The quantitative estimate of drug-likeness (QED) is 0.757. The summed E-state index contributed by atoms with van der Waals surface area (Å²) in [4.78, 5) is 40.6. The fourth-order valence-electron chi connectivity index (χ4n) is 3.65. The van der Waals surface area contributed by atoms with E-state index in [0.29, 0.717) is 45.9 Å². The van der Waals surface area contributed by atoms with Crippen LogP contribution in [0, 0.1) is 0 Å². The normalized spacial score (nSPS) is 14.5. The molecule has 0 saturated carbocycles. The highest BCUT2D eigenvalue weighted by molar-refractivity contribution is 5.78. The first-order valence-corrected chi connectivity index (χ1v) is 9.94. The van der Waals surface area contributed by atoms with Crippen LogP contribution in [0.25, 0.3) is 11.0 Å². The molecule has 0 spiro atoms. The van der Waals surface area contributed by atoms with Crippen LogP contribution in [0.2, 0.25) is 0 Å². The highest BCUT2D eigenvalue weighted by Crippen LogP contribution is 2.14. The van der Waals surface area contributed by atoms with Crippen LogP contribution >= 0.6 is 0 Å². The molecule has 2 amide bonds. The molecule has 0 aliphatic carbocycles. The minimum atomic E-state index is -0.329. The van der Waals surface area contributed by atoms with Crippen molar-refractivity contribution in [2.75, 3.05) is 32.8 Å². The van der Waals surface area contributed by atoms with Crippen LogP contribution < -0.4 is 5.69 Å². The van der Waals surface area contributed by atoms with Crippen LogP contribution in [0.1, 0.15) is 26.7 Å². The Balaban J connectivity index is 1.64. The molecule has 0 unspecified atom stereocenters. The molecule has 1 saturated heterocycles. The minimum absolute atomic E-state index is 0.00253. The number of imidazole rings is 1. The molecule has 1 fully saturated rings. The predicted octanol–water partition coefficient (Wildman–Crippen LogP) is 1.90. The SMILES string of the molecule is CCCn1c(=O)n(CCC(=O)N2CCN(C(=O)OCC)CC2)c2ccccc21. The summed E-state index contributed by atoms with van der Waals surface area (Å²) in [6.07, 6.45) is 0.807. The van der Waals surface area contributed by atoms with Crippen molar-refractivity contribution < 1.29 is 14.3 Å². The van der Waals surface area contributed by atoms with Gasteiger partial charge in [0.05, 0.1) is 17.6 Å². The fraction of sp³-hybridized carbons (Fsp3) is 0.550. The summed E-state index contributed by atoms with van der Waals surface area (Å²) in [5, 5.41) is 0. The minimum Gasteiger partial charge on any atom is -0.450 e. The van der Waals surface area contributed by atoms with Crippen LogP contribution in [0.15, 0.2) is 29.1 Å². The second-order valence-corrected chi connectivity index (χ2v) is 6.89. The third-order valence-electron chi connectivity index (χ3n) is 5.08. The average molecular weight is 388 g/mol. The van der Waals surface area contributed by atoms with E-state index in [2.05, 4.69) is 0 Å². The molecule has 8 nitrogen and oxygen atoms in total. The third-order valence-corrected chi connectivity index (χ3v) is 5.08. The standard InChI is InChI=1S/C20H28N4O4/c1-3-10-23-16-7-5-6-8-17(16)24(19(23)26)11-9-18(25)21-12-14-22(15-13-21)20(27)28-4-2/h5-8H,3-4,9-15H2,1-2H3. The number of hydrogen-bond donors (Lipinski definition) is 0. The zero-order chi connectivity index (χ0) is 20.1. The molecule has 2 aromatic rings. The number of benzene rings is 1. The molecule has 0 bridgehead atoms. The first-order valence-electron chi connectivity index (χ1n) is 9.94. The van der Waals surface area contributed by atoms with Crippen molar-refractivity contribution in [2.45, 2.75) is 39.8 Å². The molecule has 0 radical (unpaired) electrons. The molecule has 8 heteroatoms. The number of aromatic nitrogens is 2. The molecule has 0 N–H and O–H groups in total. The number of nitrogens with zero attached hydrogens (tertiary/aromatic N) is 4. The van der Waals surface area contributed by atoms with Gasteiger partial charge in [0.1, 0.15) is 0 Å². The van der Waals surface area contributed by atoms with Gasteiger partial charge in [-0.2, -0.15) is 0 Å². The number of aryl methyl sites for hydroxylation is 2. The summed E-state index contributed by atoms with van der Waals surface area (Å²) in [5.74, 6) is 0.00253. The van der Waals surface area contributed by atoms with Gasteiger partial charge in [-0.1, -0.05) is 19.1 Å². The Labute approximate surface area is 164 Å². The lowest BCUT2D eigenvalue weighted by atomic mass is 10.2. The van der Waals surface area contributed by atoms with Gasteiger partial charge in [-0.3, -0.25) is 13.9 Å². The Morgan fingerprint density at radius 2 is 1.50 bits per heavy atom. The maximum atomic E-state index is 12.8. The van der Waals surface area contributed by atoms with Crippen LogP contribution in [0.4, 0.5) is 4.79 Å². The predicted molar refractivity (Wildman–Crippen MR) is 106 cm³/mol. The molecule has 3 rings (SSSR count). The fourth-order valence-corrected chi connectivity index (χ4v) is 3.65. The summed E-state index contributed by atoms with van der Waals surface area (Å²) in [7, 11) is 0. The largest absolute Gasteiger partial charge is 0.450 e. The van der Waals surface area contributed by atoms with Crippen molar-refractivity contribution in [3.63, 3.8) is 0 Å². The summed E-state index contributed by atoms with van der Waals surface area (Å²) >= 11 is 0. The second-order valence-electron chi connectivity index (χ2n) is 6.89. The van der Waals surface area contributed by atoms with Gasteiger partial charge in [0.15, 0.2) is 0 Å². The molecule has 0 atom stereocenters. The molecule has 1 aliphatic heterocycles. The summed E-state index contributed by atoms with van der Waals surface area (Å²) in [5.41, 5.74) is 1.70. The van der Waals surface area contributed by atoms with E-state index in [-0.39, 0.29) is 24.1 Å². The molecular weight excluding hydrogens is 360 g/mol. The number of amides is 2. The number of carbonyl (C=O) groups excluding carboxylic acids is 2. The number of para-hydroxylation sites is 2. The lowest BCUT2D eigenvalue weighted by molar-refractivity contribution is -0.133. The number of ether oxygens (including phenoxy) is 1. The highest BCUT2D eigenvalue weighted by atomic mass is 16.6. The van der Waals surface area contributed by atoms with E-state index in [4.69, 9.17) is 4.74 Å². The number of hydrogen-bond acceptors (Lipinski definition) is 4. The highest BCUT2D eigenvalue weighted by Gasteiger charge is 2.25. The second kappa shape index (κ2) is 8.95. The summed E-state index contributed by atoms with van der Waals surface area (Å²) in [6.45, 7) is 7.10. The molecule has 152 valence electrons. The number of fused-ring (bicyclic) bond motifs is 1. The van der Waals surface area contributed by atoms with Gasteiger partial charge in [0.25, 0.3) is 0 Å². The van der Waals surface area contributed by atoms with Gasteiger partial charge < -0.3 is 14.5 Å². The molecule has 1 aromatic carbocycles. The van der Waals surface area contributed by atoms with E-state index in [1.165, 1.54) is 0 Å². The number of rotatable bonds is 6. The molecule has 1 aromatic heterocycles. The van der Waals surface area contributed by atoms with Crippen LogP contribution in [0.5, 0.6) is 0 Å². The van der Waals surface area contributed by atoms with Crippen LogP contribution in [-0.2, 0) is 22.6 Å². The first kappa shape index (κ1) is 20.0. The Morgan fingerprint density at radius 3 is 2.07 bits per heavy atom. The topological polar surface area (TPSA) is 76.8 Å². The van der Waals surface area contributed by atoms with E-state index in [9.17, 15) is 14.4 Å². The maximum absolute atomic E-state index is 12.8. The molecule has 28 heavy (non-hydrogen) atoms. The summed E-state index contributed by atoms with van der Waals surface area (Å²) in [6, 6.07) is 7.70. The van der Waals surface area contributed by atoms with Crippen LogP contribution in [0.3, 0.4) is 0 Å². The zero-order valence-corrected chi connectivity index (χ0v) is 16.6. The lowest BCUT2D eigenvalue weighted by Crippen LogP contribution is -2.50. The van der Waals surface area contributed by atoms with Gasteiger partial charge in [-0.05, 0) is 25.5 Å². The van der Waals surface area contributed by atoms with Crippen molar-refractivity contribution in [3.05, 3.63) is 34.7 Å². The molecule has 2 heterocycles. The number of piperazine rings is 1. The van der Waals surface area contributed by atoms with Crippen molar-refractivity contribution in [1.82, 2.24) is 18.9 Å². The summed E-state index contributed by atoms with van der Waals surface area (Å²) < 4.78 is 8.47. The Hall–Kier alpha value is -2.77. The van der Waals surface area contributed by atoms with E-state index in [0.717, 1.165) is 17.5 Å². The van der Waals surface area contributed by atoms with Crippen molar-refractivity contribution in [1.29, 1.82) is 0 Å². The Bertz CT molecular complexity index is 893. The molecular formula is C20H28N4O4. The van der Waals surface area contributed by atoms with Crippen molar-refractivity contribution in [3.8, 4) is 0 Å². The van der Waals surface area contributed by atoms with Gasteiger partial charge in [0.2, 0.25) is 5.91 Å². The Morgan fingerprint density at radius 1 is 0.929 bits per heavy atom. The zero-order valence-electron chi connectivity index (χ0n) is 16.6. The first-order chi connectivity index (χ1) is 13.6. The maximum Gasteiger partial charge on any atom is 0.409 e. The third kappa shape index (κ3) is 4.05. The van der Waals surface area contributed by atoms with Gasteiger partial charge in [0, 0.05) is 45.7 Å². The van der Waals surface area contributed by atoms with Gasteiger partial charge in [-0.25, -0.2) is 9.59 Å². The van der Waals surface area contributed by atoms with E-state index in [1.54, 1.807) is 25.9 Å². The smallest absolute Gasteiger partial charge is 0.409 e. The Kier molecular flexibility index (Phi) is 6.38. The average Bonchev–Trinajstić information content (AvgIpc) is 2.98. The lowest BCUT2D eigenvalue weighted by Gasteiger charge is -2.34. The van der Waals surface area contributed by atoms with Crippen molar-refractivity contribution >= 4 is 23.0 Å². The van der Waals surface area contributed by atoms with E-state index >= 15 is 0 Å². The van der Waals surface area contributed by atoms with Crippen molar-refractivity contribution in [2.24, 2.45) is 0 Å². The van der Waals surface area contributed by atoms with E-state index in [1.807, 2.05) is 31.2 Å². The monoisotopic (exact) mass is 388 g/mol.